The molecule has 2 aliphatic heterocycles. The molecular formula is C18H21FN2O5. The van der Waals surface area contributed by atoms with E-state index in [1.54, 1.807) is 11.0 Å². The number of benzene rings is 1. The average molecular weight is 364 g/mol. The van der Waals surface area contributed by atoms with Crippen LogP contribution >= 0.6 is 0 Å². The van der Waals surface area contributed by atoms with E-state index in [9.17, 15) is 18.8 Å². The Balaban J connectivity index is 1.61. The van der Waals surface area contributed by atoms with Crippen LogP contribution in [0.2, 0.25) is 0 Å². The van der Waals surface area contributed by atoms with Crippen LogP contribution in [0.25, 0.3) is 0 Å². The number of ether oxygens (including phenoxy) is 1. The first-order chi connectivity index (χ1) is 12.4. The normalized spacial score (nSPS) is 20.0. The quantitative estimate of drug-likeness (QED) is 0.848. The topological polar surface area (TPSA) is 87.2 Å². The second kappa shape index (κ2) is 7.82. The second-order valence-corrected chi connectivity index (χ2v) is 6.50. The number of nitrogens with zero attached hydrogens (tertiary/aromatic N) is 2. The molecule has 1 saturated heterocycles. The zero-order chi connectivity index (χ0) is 18.7. The number of aliphatic carboxylic acids is 1. The van der Waals surface area contributed by atoms with E-state index in [0.29, 0.717) is 31.7 Å². The van der Waals surface area contributed by atoms with E-state index in [4.69, 9.17) is 9.84 Å². The molecule has 0 aromatic heterocycles. The van der Waals surface area contributed by atoms with Crippen LogP contribution in [0.1, 0.15) is 24.8 Å². The van der Waals surface area contributed by atoms with Crippen LogP contribution < -0.4 is 4.90 Å². The summed E-state index contributed by atoms with van der Waals surface area (Å²) >= 11 is 0. The number of carboxylic acids is 1. The average Bonchev–Trinajstić information content (AvgIpc) is 2.60. The standard InChI is InChI=1S/C18H21FN2O5/c19-13-2-3-15-12(9-13)1-4-17(23)21(15)6-5-16(22)20-7-8-26-14(11-20)10-18(24)25/h2-3,9,14H,1,4-8,10-11H2,(H,24,25)/t14-/m1/s1. The first-order valence-corrected chi connectivity index (χ1v) is 8.64. The van der Waals surface area contributed by atoms with E-state index in [-0.39, 0.29) is 43.6 Å². The van der Waals surface area contributed by atoms with E-state index < -0.39 is 12.1 Å². The number of amides is 2. The summed E-state index contributed by atoms with van der Waals surface area (Å²) in [5, 5.41) is 8.85. The molecule has 0 unspecified atom stereocenters. The van der Waals surface area contributed by atoms with Gasteiger partial charge >= 0.3 is 5.97 Å². The fourth-order valence-corrected chi connectivity index (χ4v) is 3.40. The molecule has 1 fully saturated rings. The number of carbonyl (C=O) groups excluding carboxylic acids is 2. The highest BCUT2D eigenvalue weighted by molar-refractivity contribution is 5.97. The van der Waals surface area contributed by atoms with Gasteiger partial charge in [-0.1, -0.05) is 0 Å². The highest BCUT2D eigenvalue weighted by Gasteiger charge is 2.28. The van der Waals surface area contributed by atoms with Crippen LogP contribution in [-0.4, -0.2) is 60.1 Å². The molecule has 1 atom stereocenters. The van der Waals surface area contributed by atoms with E-state index in [0.717, 1.165) is 5.56 Å². The van der Waals surface area contributed by atoms with Crippen LogP contribution in [0.4, 0.5) is 10.1 Å². The molecule has 0 aliphatic carbocycles. The van der Waals surface area contributed by atoms with Crippen LogP contribution in [0.3, 0.4) is 0 Å². The molecule has 26 heavy (non-hydrogen) atoms. The van der Waals surface area contributed by atoms with Crippen molar-refractivity contribution in [2.75, 3.05) is 31.1 Å². The predicted octanol–water partition coefficient (Wildman–Crippen LogP) is 1.20. The fraction of sp³-hybridized carbons (Fsp3) is 0.500. The molecule has 1 aromatic rings. The number of aryl methyl sites for hydroxylation is 1. The van der Waals surface area contributed by atoms with Crippen molar-refractivity contribution in [3.8, 4) is 0 Å². The molecule has 0 bridgehead atoms. The van der Waals surface area contributed by atoms with Gasteiger partial charge in [0.2, 0.25) is 11.8 Å². The van der Waals surface area contributed by atoms with Gasteiger partial charge in [0.05, 0.1) is 19.1 Å². The lowest BCUT2D eigenvalue weighted by atomic mass is 10.0. The molecule has 7 nitrogen and oxygen atoms in total. The van der Waals surface area contributed by atoms with Crippen molar-refractivity contribution in [2.24, 2.45) is 0 Å². The molecule has 0 saturated carbocycles. The first-order valence-electron chi connectivity index (χ1n) is 8.64. The van der Waals surface area contributed by atoms with Gasteiger partial charge in [-0.05, 0) is 30.2 Å². The molecule has 0 spiro atoms. The number of hydrogen-bond acceptors (Lipinski definition) is 4. The Morgan fingerprint density at radius 1 is 1.31 bits per heavy atom. The van der Waals surface area contributed by atoms with Gasteiger partial charge in [0.25, 0.3) is 0 Å². The molecule has 3 rings (SSSR count). The second-order valence-electron chi connectivity index (χ2n) is 6.50. The number of anilines is 1. The van der Waals surface area contributed by atoms with Crippen molar-refractivity contribution >= 4 is 23.5 Å². The van der Waals surface area contributed by atoms with Crippen molar-refractivity contribution in [1.82, 2.24) is 4.90 Å². The van der Waals surface area contributed by atoms with Gasteiger partial charge in [-0.2, -0.15) is 0 Å². The molecular weight excluding hydrogens is 343 g/mol. The molecule has 8 heteroatoms. The maximum Gasteiger partial charge on any atom is 0.306 e. The lowest BCUT2D eigenvalue weighted by Crippen LogP contribution is -2.47. The van der Waals surface area contributed by atoms with Crippen LogP contribution in [-0.2, 0) is 25.5 Å². The molecule has 2 amide bonds. The number of carbonyl (C=O) groups is 3. The van der Waals surface area contributed by atoms with Crippen LogP contribution in [0, 0.1) is 5.82 Å². The third kappa shape index (κ3) is 4.19. The smallest absolute Gasteiger partial charge is 0.306 e. The monoisotopic (exact) mass is 364 g/mol. The molecule has 2 aliphatic rings. The fourth-order valence-electron chi connectivity index (χ4n) is 3.40. The summed E-state index contributed by atoms with van der Waals surface area (Å²) in [5.41, 5.74) is 1.42. The zero-order valence-electron chi connectivity index (χ0n) is 14.3. The molecule has 1 aromatic carbocycles. The number of carboxylic acid groups (broad SMARTS) is 1. The lowest BCUT2D eigenvalue weighted by Gasteiger charge is -2.34. The van der Waals surface area contributed by atoms with E-state index in [1.807, 2.05) is 0 Å². The predicted molar refractivity (Wildman–Crippen MR) is 90.3 cm³/mol. The van der Waals surface area contributed by atoms with Gasteiger partial charge in [0.1, 0.15) is 5.82 Å². The minimum atomic E-state index is -0.966. The van der Waals surface area contributed by atoms with Gasteiger partial charge in [0.15, 0.2) is 0 Å². The van der Waals surface area contributed by atoms with Gasteiger partial charge in [-0.15, -0.1) is 0 Å². The summed E-state index contributed by atoms with van der Waals surface area (Å²) in [5.74, 6) is -1.53. The zero-order valence-corrected chi connectivity index (χ0v) is 14.3. The van der Waals surface area contributed by atoms with Crippen molar-refractivity contribution in [3.05, 3.63) is 29.6 Å². The van der Waals surface area contributed by atoms with Gasteiger partial charge < -0.3 is 19.6 Å². The summed E-state index contributed by atoms with van der Waals surface area (Å²) < 4.78 is 18.7. The molecule has 140 valence electrons. The molecule has 0 radical (unpaired) electrons. The first kappa shape index (κ1) is 18.3. The summed E-state index contributed by atoms with van der Waals surface area (Å²) in [7, 11) is 0. The largest absolute Gasteiger partial charge is 0.481 e. The summed E-state index contributed by atoms with van der Waals surface area (Å²) in [4.78, 5) is 38.6. The maximum atomic E-state index is 13.4. The maximum absolute atomic E-state index is 13.4. The summed E-state index contributed by atoms with van der Waals surface area (Å²) in [6, 6.07) is 4.31. The Bertz CT molecular complexity index is 724. The highest BCUT2D eigenvalue weighted by Crippen LogP contribution is 2.28. The van der Waals surface area contributed by atoms with Crippen molar-refractivity contribution in [2.45, 2.75) is 31.8 Å². The number of fused-ring (bicyclic) bond motifs is 1. The SMILES string of the molecule is O=C(O)C[C@@H]1CN(C(=O)CCN2C(=O)CCc3cc(F)ccc32)CCO1. The molecule has 2 heterocycles. The van der Waals surface area contributed by atoms with E-state index >= 15 is 0 Å². The Morgan fingerprint density at radius 3 is 2.88 bits per heavy atom. The third-order valence-electron chi connectivity index (χ3n) is 4.68. The number of halogens is 1. The number of hydrogen-bond donors (Lipinski definition) is 1. The summed E-state index contributed by atoms with van der Waals surface area (Å²) in [6.07, 6.45) is 0.264. The van der Waals surface area contributed by atoms with Gasteiger partial charge in [-0.3, -0.25) is 14.4 Å². The summed E-state index contributed by atoms with van der Waals surface area (Å²) in [6.45, 7) is 1.16. The Kier molecular flexibility index (Phi) is 5.51. The third-order valence-corrected chi connectivity index (χ3v) is 4.68. The minimum absolute atomic E-state index is 0.0809. The van der Waals surface area contributed by atoms with Crippen molar-refractivity contribution in [3.63, 3.8) is 0 Å². The van der Waals surface area contributed by atoms with Crippen molar-refractivity contribution < 1.29 is 28.6 Å². The van der Waals surface area contributed by atoms with Gasteiger partial charge in [0, 0.05) is 38.2 Å². The van der Waals surface area contributed by atoms with E-state index in [2.05, 4.69) is 0 Å². The number of morpholine rings is 1. The van der Waals surface area contributed by atoms with Crippen LogP contribution in [0.5, 0.6) is 0 Å². The highest BCUT2D eigenvalue weighted by atomic mass is 19.1. The van der Waals surface area contributed by atoms with E-state index in [1.165, 1.54) is 17.0 Å². The Labute approximate surface area is 150 Å². The molecule has 1 N–H and O–H groups in total. The van der Waals surface area contributed by atoms with Crippen LogP contribution in [0.15, 0.2) is 18.2 Å². The van der Waals surface area contributed by atoms with Gasteiger partial charge in [-0.25, -0.2) is 4.39 Å². The minimum Gasteiger partial charge on any atom is -0.481 e. The lowest BCUT2D eigenvalue weighted by molar-refractivity contribution is -0.147. The number of rotatable bonds is 5. The Morgan fingerprint density at radius 2 is 2.12 bits per heavy atom. The van der Waals surface area contributed by atoms with Crippen molar-refractivity contribution in [1.29, 1.82) is 0 Å². The Hall–Kier alpha value is -2.48.